The minimum Gasteiger partial charge on any atom is -0.391 e. The first kappa shape index (κ1) is 15.6. The number of halogens is 2. The Bertz CT molecular complexity index is 544. The zero-order chi connectivity index (χ0) is 15.7. The van der Waals surface area contributed by atoms with E-state index >= 15 is 0 Å². The summed E-state index contributed by atoms with van der Waals surface area (Å²) in [6.45, 7) is 3.65. The number of amides is 2. The highest BCUT2D eigenvalue weighted by Crippen LogP contribution is 2.26. The van der Waals surface area contributed by atoms with Gasteiger partial charge in [-0.05, 0) is 18.1 Å². The van der Waals surface area contributed by atoms with Gasteiger partial charge in [-0.3, -0.25) is 14.5 Å². The Morgan fingerprint density at radius 2 is 1.48 bits per heavy atom. The predicted octanol–water partition coefficient (Wildman–Crippen LogP) is 2.36. The van der Waals surface area contributed by atoms with E-state index in [0.29, 0.717) is 12.8 Å². The summed E-state index contributed by atoms with van der Waals surface area (Å²) in [5, 5.41) is 10.1. The van der Waals surface area contributed by atoms with Crippen molar-refractivity contribution in [2.45, 2.75) is 32.8 Å². The Morgan fingerprint density at radius 3 is 1.86 bits per heavy atom. The van der Waals surface area contributed by atoms with Gasteiger partial charge in [0.15, 0.2) is 11.6 Å². The van der Waals surface area contributed by atoms with Crippen LogP contribution in [0.3, 0.4) is 0 Å². The third kappa shape index (κ3) is 2.68. The fraction of sp³-hybridized carbons (Fsp3) is 0.467. The summed E-state index contributed by atoms with van der Waals surface area (Å²) in [5.41, 5.74) is -0.314. The molecule has 2 rings (SSSR count). The molecule has 0 radical (unpaired) electrons. The van der Waals surface area contributed by atoms with Crippen molar-refractivity contribution in [1.82, 2.24) is 4.90 Å². The van der Waals surface area contributed by atoms with Gasteiger partial charge in [0.25, 0.3) is 11.8 Å². The van der Waals surface area contributed by atoms with Gasteiger partial charge < -0.3 is 5.11 Å². The van der Waals surface area contributed by atoms with Crippen LogP contribution in [0.4, 0.5) is 8.78 Å². The minimum atomic E-state index is -1.17. The second-order valence-electron chi connectivity index (χ2n) is 5.18. The largest absolute Gasteiger partial charge is 0.391 e. The summed E-state index contributed by atoms with van der Waals surface area (Å²) in [6.07, 6.45) is 0.575. The normalized spacial score (nSPS) is 15.8. The molecule has 0 bridgehead atoms. The third-order valence-electron chi connectivity index (χ3n) is 3.97. The molecule has 0 aromatic heterocycles. The van der Waals surface area contributed by atoms with Gasteiger partial charge in [-0.25, -0.2) is 8.78 Å². The van der Waals surface area contributed by atoms with Crippen LogP contribution in [-0.4, -0.2) is 34.5 Å². The average molecular weight is 297 g/mol. The van der Waals surface area contributed by atoms with Crippen molar-refractivity contribution in [1.29, 1.82) is 0 Å². The molecule has 21 heavy (non-hydrogen) atoms. The average Bonchev–Trinajstić information content (AvgIpc) is 2.66. The summed E-state index contributed by atoms with van der Waals surface area (Å²) >= 11 is 0. The Labute approximate surface area is 121 Å². The lowest BCUT2D eigenvalue weighted by molar-refractivity contribution is 0.0418. The smallest absolute Gasteiger partial charge is 0.261 e. The SMILES string of the molecule is CCC(CC)C(O)CN1C(=O)c2cc(F)c(F)cc2C1=O. The van der Waals surface area contributed by atoms with E-state index in [-0.39, 0.29) is 23.6 Å². The van der Waals surface area contributed by atoms with E-state index in [9.17, 15) is 23.5 Å². The molecule has 1 heterocycles. The van der Waals surface area contributed by atoms with E-state index in [2.05, 4.69) is 0 Å². The first-order valence-corrected chi connectivity index (χ1v) is 6.93. The number of fused-ring (bicyclic) bond motifs is 1. The number of hydrogen-bond donors (Lipinski definition) is 1. The molecule has 114 valence electrons. The van der Waals surface area contributed by atoms with Crippen LogP contribution < -0.4 is 0 Å². The van der Waals surface area contributed by atoms with E-state index in [1.165, 1.54) is 0 Å². The molecule has 0 saturated heterocycles. The lowest BCUT2D eigenvalue weighted by Crippen LogP contribution is -2.39. The Kier molecular flexibility index (Phi) is 4.37. The third-order valence-corrected chi connectivity index (χ3v) is 3.97. The second kappa shape index (κ2) is 5.89. The summed E-state index contributed by atoms with van der Waals surface area (Å²) in [5.74, 6) is -3.77. The van der Waals surface area contributed by atoms with Crippen molar-refractivity contribution < 1.29 is 23.5 Å². The van der Waals surface area contributed by atoms with Crippen molar-refractivity contribution in [3.63, 3.8) is 0 Å². The number of carbonyl (C=O) groups excluding carboxylic acids is 2. The molecule has 1 aliphatic heterocycles. The molecule has 1 atom stereocenters. The number of rotatable bonds is 5. The number of carbonyl (C=O) groups is 2. The van der Waals surface area contributed by atoms with Gasteiger partial charge in [0.2, 0.25) is 0 Å². The Balaban J connectivity index is 2.25. The van der Waals surface area contributed by atoms with Crippen molar-refractivity contribution in [3.05, 3.63) is 34.9 Å². The van der Waals surface area contributed by atoms with E-state index in [0.717, 1.165) is 17.0 Å². The zero-order valence-corrected chi connectivity index (χ0v) is 11.9. The first-order chi connectivity index (χ1) is 9.90. The standard InChI is InChI=1S/C15H17F2NO3/c1-3-8(4-2)13(19)7-18-14(20)9-5-11(16)12(17)6-10(9)15(18)21/h5-6,8,13,19H,3-4,7H2,1-2H3. The molecule has 0 fully saturated rings. The summed E-state index contributed by atoms with van der Waals surface area (Å²) in [7, 11) is 0. The Hall–Kier alpha value is -1.82. The van der Waals surface area contributed by atoms with Gasteiger partial charge in [-0.1, -0.05) is 26.7 Å². The van der Waals surface area contributed by atoms with E-state index < -0.39 is 29.6 Å². The topological polar surface area (TPSA) is 57.6 Å². The van der Waals surface area contributed by atoms with Crippen molar-refractivity contribution in [2.75, 3.05) is 6.54 Å². The highest BCUT2D eigenvalue weighted by molar-refractivity contribution is 6.21. The molecule has 0 saturated carbocycles. The fourth-order valence-corrected chi connectivity index (χ4v) is 2.62. The zero-order valence-electron chi connectivity index (χ0n) is 11.9. The van der Waals surface area contributed by atoms with Gasteiger partial charge in [0.05, 0.1) is 23.8 Å². The number of benzene rings is 1. The van der Waals surface area contributed by atoms with Gasteiger partial charge >= 0.3 is 0 Å². The van der Waals surface area contributed by atoms with E-state index in [4.69, 9.17) is 0 Å². The molecule has 1 aliphatic rings. The number of β-amino-alcohol motifs (C(OH)–C–C–N with tert-alkyl or cyclic N) is 1. The molecule has 1 unspecified atom stereocenters. The maximum absolute atomic E-state index is 13.2. The van der Waals surface area contributed by atoms with Crippen LogP contribution in [0.5, 0.6) is 0 Å². The molecule has 1 N–H and O–H groups in total. The van der Waals surface area contributed by atoms with Gasteiger partial charge in [-0.2, -0.15) is 0 Å². The summed E-state index contributed by atoms with van der Waals surface area (Å²) < 4.78 is 26.4. The van der Waals surface area contributed by atoms with E-state index in [1.54, 1.807) is 0 Å². The van der Waals surface area contributed by atoms with Crippen LogP contribution in [0.15, 0.2) is 12.1 Å². The number of aliphatic hydroxyl groups excluding tert-OH is 1. The summed E-state index contributed by atoms with van der Waals surface area (Å²) in [4.78, 5) is 25.1. The number of hydrogen-bond acceptors (Lipinski definition) is 3. The lowest BCUT2D eigenvalue weighted by atomic mass is 9.96. The summed E-state index contributed by atoms with van der Waals surface area (Å²) in [6, 6.07) is 1.46. The Morgan fingerprint density at radius 1 is 1.05 bits per heavy atom. The predicted molar refractivity (Wildman–Crippen MR) is 71.8 cm³/mol. The van der Waals surface area contributed by atoms with Crippen LogP contribution in [-0.2, 0) is 0 Å². The molecular formula is C15H17F2NO3. The van der Waals surface area contributed by atoms with Crippen LogP contribution in [0, 0.1) is 17.6 Å². The molecule has 0 spiro atoms. The number of nitrogens with zero attached hydrogens (tertiary/aromatic N) is 1. The monoisotopic (exact) mass is 297 g/mol. The molecular weight excluding hydrogens is 280 g/mol. The van der Waals surface area contributed by atoms with Crippen LogP contribution in [0.2, 0.25) is 0 Å². The molecule has 0 aliphatic carbocycles. The molecule has 1 aromatic rings. The van der Waals surface area contributed by atoms with Crippen molar-refractivity contribution in [3.8, 4) is 0 Å². The van der Waals surface area contributed by atoms with Crippen LogP contribution in [0.1, 0.15) is 47.4 Å². The second-order valence-corrected chi connectivity index (χ2v) is 5.18. The fourth-order valence-electron chi connectivity index (χ4n) is 2.62. The highest BCUT2D eigenvalue weighted by atomic mass is 19.2. The van der Waals surface area contributed by atoms with Crippen molar-refractivity contribution >= 4 is 11.8 Å². The van der Waals surface area contributed by atoms with Gasteiger partial charge in [-0.15, -0.1) is 0 Å². The quantitative estimate of drug-likeness (QED) is 0.849. The number of aliphatic hydroxyl groups is 1. The molecule has 1 aromatic carbocycles. The molecule has 6 heteroatoms. The van der Waals surface area contributed by atoms with Gasteiger partial charge in [0.1, 0.15) is 0 Å². The lowest BCUT2D eigenvalue weighted by Gasteiger charge is -2.24. The molecule has 2 amide bonds. The maximum Gasteiger partial charge on any atom is 0.261 e. The van der Waals surface area contributed by atoms with E-state index in [1.807, 2.05) is 13.8 Å². The van der Waals surface area contributed by atoms with Crippen LogP contribution >= 0.6 is 0 Å². The minimum absolute atomic E-state index is 0.0391. The van der Waals surface area contributed by atoms with Crippen LogP contribution in [0.25, 0.3) is 0 Å². The first-order valence-electron chi connectivity index (χ1n) is 6.93. The number of imide groups is 1. The maximum atomic E-state index is 13.2. The highest BCUT2D eigenvalue weighted by Gasteiger charge is 2.38. The van der Waals surface area contributed by atoms with Crippen molar-refractivity contribution in [2.24, 2.45) is 5.92 Å². The van der Waals surface area contributed by atoms with Gasteiger partial charge in [0, 0.05) is 0 Å². The molecule has 4 nitrogen and oxygen atoms in total.